The van der Waals surface area contributed by atoms with Crippen LogP contribution in [0.4, 0.5) is 0 Å². The molecule has 26 heavy (non-hydrogen) atoms. The maximum Gasteiger partial charge on any atom is 0.340 e. The summed E-state index contributed by atoms with van der Waals surface area (Å²) in [5, 5.41) is 0.349. The van der Waals surface area contributed by atoms with Gasteiger partial charge in [-0.3, -0.25) is 4.79 Å². The van der Waals surface area contributed by atoms with E-state index in [-0.39, 0.29) is 21.5 Å². The summed E-state index contributed by atoms with van der Waals surface area (Å²) in [6, 6.07) is 13.6. The summed E-state index contributed by atoms with van der Waals surface area (Å²) in [7, 11) is 0. The van der Waals surface area contributed by atoms with E-state index in [1.165, 1.54) is 6.07 Å². The van der Waals surface area contributed by atoms with E-state index in [9.17, 15) is 9.59 Å². The molecule has 0 radical (unpaired) electrons. The number of halogens is 2. The van der Waals surface area contributed by atoms with Gasteiger partial charge in [-0.15, -0.1) is 0 Å². The summed E-state index contributed by atoms with van der Waals surface area (Å²) in [6.07, 6.45) is -1.06. The van der Waals surface area contributed by atoms with Crippen molar-refractivity contribution in [2.24, 2.45) is 0 Å². The third-order valence-corrected chi connectivity index (χ3v) is 4.86. The first kappa shape index (κ1) is 18.7. The number of hydrogen-bond acceptors (Lipinski definition) is 4. The van der Waals surface area contributed by atoms with Gasteiger partial charge in [0.25, 0.3) is 5.91 Å². The van der Waals surface area contributed by atoms with Gasteiger partial charge in [0, 0.05) is 18.7 Å². The summed E-state index contributed by atoms with van der Waals surface area (Å²) < 4.78 is 10.8. The molecule has 1 saturated heterocycles. The molecule has 7 heteroatoms. The number of nitrogens with zero attached hydrogens (tertiary/aromatic N) is 1. The van der Waals surface area contributed by atoms with Crippen molar-refractivity contribution < 1.29 is 19.1 Å². The lowest BCUT2D eigenvalue weighted by molar-refractivity contribution is -0.145. The smallest absolute Gasteiger partial charge is 0.340 e. The zero-order valence-electron chi connectivity index (χ0n) is 13.9. The highest BCUT2D eigenvalue weighted by molar-refractivity contribution is 6.43. The molecule has 0 saturated carbocycles. The second-order valence-electron chi connectivity index (χ2n) is 5.74. The number of carbonyl (C=O) groups is 2. The van der Waals surface area contributed by atoms with Crippen LogP contribution in [-0.2, 0) is 14.3 Å². The van der Waals surface area contributed by atoms with E-state index in [2.05, 4.69) is 0 Å². The van der Waals surface area contributed by atoms with Crippen LogP contribution < -0.4 is 0 Å². The number of carbonyl (C=O) groups excluding carboxylic acids is 2. The Bertz CT molecular complexity index is 791. The third kappa shape index (κ3) is 4.18. The van der Waals surface area contributed by atoms with Gasteiger partial charge in [0.05, 0.1) is 28.8 Å². The van der Waals surface area contributed by atoms with Gasteiger partial charge in [-0.05, 0) is 12.1 Å². The molecule has 2 aromatic carbocycles. The lowest BCUT2D eigenvalue weighted by Crippen LogP contribution is -2.44. The number of amides is 1. The molecule has 5 nitrogen and oxygen atoms in total. The molecule has 136 valence electrons. The van der Waals surface area contributed by atoms with E-state index < -0.39 is 12.1 Å². The second kappa shape index (κ2) is 8.54. The minimum atomic E-state index is -1.06. The van der Waals surface area contributed by atoms with E-state index in [4.69, 9.17) is 32.7 Å². The van der Waals surface area contributed by atoms with Crippen LogP contribution in [0.1, 0.15) is 22.0 Å². The number of ether oxygens (including phenoxy) is 2. The van der Waals surface area contributed by atoms with Crippen molar-refractivity contribution in [2.75, 3.05) is 26.3 Å². The van der Waals surface area contributed by atoms with Gasteiger partial charge in [0.15, 0.2) is 0 Å². The first-order valence-corrected chi connectivity index (χ1v) is 8.90. The van der Waals surface area contributed by atoms with Crippen LogP contribution in [0, 0.1) is 0 Å². The fourth-order valence-electron chi connectivity index (χ4n) is 2.67. The number of hydrogen-bond donors (Lipinski definition) is 0. The predicted molar refractivity (Wildman–Crippen MR) is 98.5 cm³/mol. The predicted octanol–water partition coefficient (Wildman–Crippen LogP) is 3.75. The van der Waals surface area contributed by atoms with Crippen LogP contribution in [0.15, 0.2) is 48.5 Å². The Hall–Kier alpha value is -2.08. The van der Waals surface area contributed by atoms with Crippen molar-refractivity contribution in [1.82, 2.24) is 4.90 Å². The topological polar surface area (TPSA) is 55.8 Å². The zero-order chi connectivity index (χ0) is 18.5. The number of benzene rings is 2. The monoisotopic (exact) mass is 393 g/mol. The molecule has 0 N–H and O–H groups in total. The first-order chi connectivity index (χ1) is 12.6. The Balaban J connectivity index is 1.87. The Morgan fingerprint density at radius 1 is 1.00 bits per heavy atom. The molecule has 1 atom stereocenters. The molecule has 0 spiro atoms. The minimum Gasteiger partial charge on any atom is -0.444 e. The highest BCUT2D eigenvalue weighted by Gasteiger charge is 2.31. The van der Waals surface area contributed by atoms with E-state index in [1.807, 2.05) is 6.07 Å². The second-order valence-corrected chi connectivity index (χ2v) is 6.52. The maximum absolute atomic E-state index is 13.0. The molecule has 1 aliphatic heterocycles. The molecule has 0 aromatic heterocycles. The lowest BCUT2D eigenvalue weighted by atomic mass is 10.1. The van der Waals surface area contributed by atoms with Gasteiger partial charge in [-0.25, -0.2) is 4.79 Å². The minimum absolute atomic E-state index is 0.102. The van der Waals surface area contributed by atoms with Gasteiger partial charge in [-0.1, -0.05) is 59.6 Å². The fraction of sp³-hybridized carbons (Fsp3) is 0.263. The van der Waals surface area contributed by atoms with Crippen molar-refractivity contribution >= 4 is 35.1 Å². The molecule has 1 heterocycles. The lowest BCUT2D eigenvalue weighted by Gasteiger charge is -2.30. The van der Waals surface area contributed by atoms with Gasteiger partial charge in [0.2, 0.25) is 6.10 Å². The summed E-state index contributed by atoms with van der Waals surface area (Å²) in [6.45, 7) is 1.83. The quantitative estimate of drug-likeness (QED) is 0.742. The summed E-state index contributed by atoms with van der Waals surface area (Å²) >= 11 is 12.1. The molecule has 0 aliphatic carbocycles. The Morgan fingerprint density at radius 3 is 2.38 bits per heavy atom. The largest absolute Gasteiger partial charge is 0.444 e. The van der Waals surface area contributed by atoms with Crippen molar-refractivity contribution in [2.45, 2.75) is 6.10 Å². The van der Waals surface area contributed by atoms with E-state index >= 15 is 0 Å². The van der Waals surface area contributed by atoms with Gasteiger partial charge >= 0.3 is 5.97 Å². The van der Waals surface area contributed by atoms with Gasteiger partial charge in [0.1, 0.15) is 0 Å². The summed E-state index contributed by atoms with van der Waals surface area (Å²) in [5.41, 5.74) is 0.713. The number of morpholine rings is 1. The number of rotatable bonds is 4. The molecule has 1 unspecified atom stereocenters. The Morgan fingerprint density at radius 2 is 1.69 bits per heavy atom. The first-order valence-electron chi connectivity index (χ1n) is 8.14. The normalized spacial score (nSPS) is 15.4. The standard InChI is InChI=1S/C19H17Cl2NO4/c20-15-8-4-7-14(16(15)21)19(24)26-17(13-5-2-1-3-6-13)18(23)22-9-11-25-12-10-22/h1-8,17H,9-12H2. The van der Waals surface area contributed by atoms with Crippen molar-refractivity contribution in [1.29, 1.82) is 0 Å². The molecule has 0 bridgehead atoms. The third-order valence-electron chi connectivity index (χ3n) is 4.05. The summed E-state index contributed by atoms with van der Waals surface area (Å²) in [5.74, 6) is -0.987. The zero-order valence-corrected chi connectivity index (χ0v) is 15.4. The molecule has 2 aromatic rings. The van der Waals surface area contributed by atoms with Crippen LogP contribution in [0.3, 0.4) is 0 Å². The van der Waals surface area contributed by atoms with E-state index in [0.717, 1.165) is 0 Å². The molecule has 1 fully saturated rings. The Labute approximate surface area is 161 Å². The molecular formula is C19H17Cl2NO4. The van der Waals surface area contributed by atoms with E-state index in [1.54, 1.807) is 41.3 Å². The average Bonchev–Trinajstić information content (AvgIpc) is 2.69. The van der Waals surface area contributed by atoms with Crippen LogP contribution in [-0.4, -0.2) is 43.1 Å². The SMILES string of the molecule is O=C(OC(C(=O)N1CCOCC1)c1ccccc1)c1cccc(Cl)c1Cl. The molecule has 3 rings (SSSR count). The van der Waals surface area contributed by atoms with Gasteiger partial charge in [-0.2, -0.15) is 0 Å². The van der Waals surface area contributed by atoms with Crippen LogP contribution in [0.5, 0.6) is 0 Å². The Kier molecular flexibility index (Phi) is 6.14. The van der Waals surface area contributed by atoms with Crippen LogP contribution in [0.2, 0.25) is 10.0 Å². The average molecular weight is 394 g/mol. The molecular weight excluding hydrogens is 377 g/mol. The fourth-order valence-corrected chi connectivity index (χ4v) is 3.05. The summed E-state index contributed by atoms with van der Waals surface area (Å²) in [4.78, 5) is 27.2. The number of esters is 1. The highest BCUT2D eigenvalue weighted by Crippen LogP contribution is 2.28. The molecule has 1 aliphatic rings. The van der Waals surface area contributed by atoms with Gasteiger partial charge < -0.3 is 14.4 Å². The van der Waals surface area contributed by atoms with Crippen molar-refractivity contribution in [3.63, 3.8) is 0 Å². The van der Waals surface area contributed by atoms with Crippen molar-refractivity contribution in [3.05, 3.63) is 69.7 Å². The highest BCUT2D eigenvalue weighted by atomic mass is 35.5. The maximum atomic E-state index is 13.0. The molecule has 1 amide bonds. The van der Waals surface area contributed by atoms with Crippen LogP contribution in [0.25, 0.3) is 0 Å². The van der Waals surface area contributed by atoms with E-state index in [0.29, 0.717) is 31.9 Å². The van der Waals surface area contributed by atoms with Crippen molar-refractivity contribution in [3.8, 4) is 0 Å². The van der Waals surface area contributed by atoms with Crippen LogP contribution >= 0.6 is 23.2 Å².